The Hall–Kier alpha value is -2.18. The van der Waals surface area contributed by atoms with Crippen molar-refractivity contribution in [2.75, 3.05) is 0 Å². The number of nitrogens with zero attached hydrogens (tertiary/aromatic N) is 2. The molecule has 9 heteroatoms. The third-order valence-electron chi connectivity index (χ3n) is 3.73. The SMILES string of the molecule is Clc1ccc(OCc2ccc(-c3nc(-c4ccc(Cl)cc4Cl)no3)o2)c(Cl)c1. The predicted octanol–water partition coefficient (Wildman–Crippen LogP) is 7.19. The molecule has 2 aromatic heterocycles. The standard InChI is InChI=1S/C19H10Cl4N2O3/c20-10-1-4-13(14(22)7-10)18-24-19(28-25-18)17-6-3-12(27-17)9-26-16-5-2-11(21)8-15(16)23/h1-8H,9H2. The fourth-order valence-electron chi connectivity index (χ4n) is 2.42. The number of aromatic nitrogens is 2. The molecule has 0 aliphatic heterocycles. The maximum Gasteiger partial charge on any atom is 0.293 e. The van der Waals surface area contributed by atoms with Crippen molar-refractivity contribution < 1.29 is 13.7 Å². The number of ether oxygens (including phenoxy) is 1. The fourth-order valence-corrected chi connectivity index (χ4v) is 3.37. The number of halogens is 4. The van der Waals surface area contributed by atoms with E-state index in [9.17, 15) is 0 Å². The summed E-state index contributed by atoms with van der Waals surface area (Å²) in [5, 5.41) is 5.84. The predicted molar refractivity (Wildman–Crippen MR) is 108 cm³/mol. The highest BCUT2D eigenvalue weighted by Crippen LogP contribution is 2.31. The van der Waals surface area contributed by atoms with E-state index >= 15 is 0 Å². The third-order valence-corrected chi connectivity index (χ3v) is 4.81. The van der Waals surface area contributed by atoms with Crippen LogP contribution in [0.3, 0.4) is 0 Å². The summed E-state index contributed by atoms with van der Waals surface area (Å²) in [5.41, 5.74) is 0.605. The molecular formula is C19H10Cl4N2O3. The molecular weight excluding hydrogens is 446 g/mol. The van der Waals surface area contributed by atoms with Crippen molar-refractivity contribution >= 4 is 46.4 Å². The van der Waals surface area contributed by atoms with Gasteiger partial charge in [-0.15, -0.1) is 0 Å². The molecule has 0 N–H and O–H groups in total. The summed E-state index contributed by atoms with van der Waals surface area (Å²) < 4.78 is 16.6. The second-order valence-electron chi connectivity index (χ2n) is 5.68. The van der Waals surface area contributed by atoms with Crippen molar-refractivity contribution in [2.45, 2.75) is 6.61 Å². The Labute approximate surface area is 179 Å². The average Bonchev–Trinajstić information content (AvgIpc) is 3.30. The zero-order valence-electron chi connectivity index (χ0n) is 14.0. The first kappa shape index (κ1) is 19.2. The van der Waals surface area contributed by atoms with Gasteiger partial charge < -0.3 is 13.7 Å². The van der Waals surface area contributed by atoms with Gasteiger partial charge in [0, 0.05) is 15.6 Å². The van der Waals surface area contributed by atoms with Crippen LogP contribution < -0.4 is 4.74 Å². The van der Waals surface area contributed by atoms with Crippen molar-refractivity contribution in [3.63, 3.8) is 0 Å². The number of furan rings is 1. The molecule has 0 unspecified atom stereocenters. The van der Waals surface area contributed by atoms with Gasteiger partial charge in [-0.2, -0.15) is 4.98 Å². The lowest BCUT2D eigenvalue weighted by Crippen LogP contribution is -1.94. The molecule has 0 aliphatic rings. The van der Waals surface area contributed by atoms with Crippen LogP contribution in [0.1, 0.15) is 5.76 Å². The first-order valence-corrected chi connectivity index (χ1v) is 9.47. The maximum atomic E-state index is 6.18. The highest BCUT2D eigenvalue weighted by Gasteiger charge is 2.16. The lowest BCUT2D eigenvalue weighted by molar-refractivity contribution is 0.270. The van der Waals surface area contributed by atoms with Crippen molar-refractivity contribution in [1.82, 2.24) is 10.1 Å². The second kappa shape index (κ2) is 8.05. The summed E-state index contributed by atoms with van der Waals surface area (Å²) >= 11 is 24.0. The molecule has 0 aliphatic carbocycles. The van der Waals surface area contributed by atoms with Crippen LogP contribution in [0.15, 0.2) is 57.5 Å². The molecule has 2 heterocycles. The highest BCUT2D eigenvalue weighted by molar-refractivity contribution is 6.36. The van der Waals surface area contributed by atoms with E-state index in [1.54, 1.807) is 48.5 Å². The topological polar surface area (TPSA) is 61.3 Å². The van der Waals surface area contributed by atoms with Crippen LogP contribution in [0.4, 0.5) is 0 Å². The van der Waals surface area contributed by atoms with Crippen LogP contribution in [0.5, 0.6) is 5.75 Å². The van der Waals surface area contributed by atoms with E-state index < -0.39 is 0 Å². The quantitative estimate of drug-likeness (QED) is 0.318. The molecule has 0 atom stereocenters. The van der Waals surface area contributed by atoms with E-state index in [4.69, 9.17) is 60.1 Å². The molecule has 4 rings (SSSR count). The monoisotopic (exact) mass is 454 g/mol. The van der Waals surface area contributed by atoms with Crippen molar-refractivity contribution in [3.05, 3.63) is 74.4 Å². The average molecular weight is 456 g/mol. The first-order valence-electron chi connectivity index (χ1n) is 7.95. The molecule has 28 heavy (non-hydrogen) atoms. The van der Waals surface area contributed by atoms with E-state index in [0.717, 1.165) is 0 Å². The van der Waals surface area contributed by atoms with E-state index in [0.29, 0.717) is 48.7 Å². The minimum Gasteiger partial charge on any atom is -0.484 e. The third kappa shape index (κ3) is 4.13. The molecule has 0 bridgehead atoms. The Morgan fingerprint density at radius 1 is 0.857 bits per heavy atom. The Bertz CT molecular complexity index is 1140. The van der Waals surface area contributed by atoms with E-state index in [1.807, 2.05) is 0 Å². The molecule has 4 aromatic rings. The lowest BCUT2D eigenvalue weighted by atomic mass is 10.2. The summed E-state index contributed by atoms with van der Waals surface area (Å²) in [6.45, 7) is 0.172. The molecule has 0 saturated heterocycles. The van der Waals surface area contributed by atoms with Crippen LogP contribution in [0.25, 0.3) is 23.0 Å². The van der Waals surface area contributed by atoms with E-state index in [-0.39, 0.29) is 12.5 Å². The van der Waals surface area contributed by atoms with Gasteiger partial charge in [0.05, 0.1) is 10.0 Å². The minimum absolute atomic E-state index is 0.172. The van der Waals surface area contributed by atoms with Crippen LogP contribution in [-0.2, 0) is 6.61 Å². The van der Waals surface area contributed by atoms with Gasteiger partial charge in [-0.05, 0) is 48.5 Å². The van der Waals surface area contributed by atoms with Gasteiger partial charge in [0.25, 0.3) is 5.89 Å². The molecule has 5 nitrogen and oxygen atoms in total. The summed E-state index contributed by atoms with van der Waals surface area (Å²) in [7, 11) is 0. The van der Waals surface area contributed by atoms with Gasteiger partial charge in [0.2, 0.25) is 5.82 Å². The largest absolute Gasteiger partial charge is 0.484 e. The van der Waals surface area contributed by atoms with Gasteiger partial charge in [0.1, 0.15) is 18.1 Å². The van der Waals surface area contributed by atoms with Crippen LogP contribution in [0, 0.1) is 0 Å². The molecule has 142 valence electrons. The van der Waals surface area contributed by atoms with Gasteiger partial charge in [-0.1, -0.05) is 51.6 Å². The van der Waals surface area contributed by atoms with Crippen LogP contribution in [-0.4, -0.2) is 10.1 Å². The fraction of sp³-hybridized carbons (Fsp3) is 0.0526. The molecule has 0 saturated carbocycles. The normalized spacial score (nSPS) is 11.0. The summed E-state index contributed by atoms with van der Waals surface area (Å²) in [5.74, 6) is 2.02. The number of rotatable bonds is 5. The van der Waals surface area contributed by atoms with E-state index in [1.165, 1.54) is 0 Å². The Morgan fingerprint density at radius 2 is 1.61 bits per heavy atom. The van der Waals surface area contributed by atoms with Gasteiger partial charge >= 0.3 is 0 Å². The Kier molecular flexibility index (Phi) is 5.51. The molecule has 0 radical (unpaired) electrons. The molecule has 0 spiro atoms. The number of hydrogen-bond donors (Lipinski definition) is 0. The van der Waals surface area contributed by atoms with Crippen LogP contribution >= 0.6 is 46.4 Å². The lowest BCUT2D eigenvalue weighted by Gasteiger charge is -2.06. The van der Waals surface area contributed by atoms with Gasteiger partial charge in [-0.25, -0.2) is 0 Å². The zero-order valence-corrected chi connectivity index (χ0v) is 17.0. The van der Waals surface area contributed by atoms with E-state index in [2.05, 4.69) is 10.1 Å². The molecule has 2 aromatic carbocycles. The zero-order chi connectivity index (χ0) is 19.7. The van der Waals surface area contributed by atoms with Crippen molar-refractivity contribution in [2.24, 2.45) is 0 Å². The Balaban J connectivity index is 1.49. The first-order chi connectivity index (χ1) is 13.5. The summed E-state index contributed by atoms with van der Waals surface area (Å²) in [4.78, 5) is 4.32. The highest BCUT2D eigenvalue weighted by atomic mass is 35.5. The number of hydrogen-bond acceptors (Lipinski definition) is 5. The second-order valence-corrected chi connectivity index (χ2v) is 7.36. The molecule has 0 amide bonds. The van der Waals surface area contributed by atoms with Crippen molar-refractivity contribution in [3.8, 4) is 28.8 Å². The molecule has 0 fully saturated rings. The van der Waals surface area contributed by atoms with Gasteiger partial charge in [0.15, 0.2) is 5.76 Å². The smallest absolute Gasteiger partial charge is 0.293 e. The van der Waals surface area contributed by atoms with Gasteiger partial charge in [-0.3, -0.25) is 0 Å². The van der Waals surface area contributed by atoms with Crippen LogP contribution in [0.2, 0.25) is 20.1 Å². The van der Waals surface area contributed by atoms with Crippen molar-refractivity contribution in [1.29, 1.82) is 0 Å². The summed E-state index contributed by atoms with van der Waals surface area (Å²) in [6.07, 6.45) is 0. The summed E-state index contributed by atoms with van der Waals surface area (Å²) in [6, 6.07) is 13.5. The maximum absolute atomic E-state index is 6.18. The number of benzene rings is 2. The minimum atomic E-state index is 0.172. The Morgan fingerprint density at radius 3 is 2.36 bits per heavy atom.